The molecule has 2 aliphatic carbocycles. The molecular formula is C18H15F3O. The molecule has 2 aromatic carbocycles. The van der Waals surface area contributed by atoms with Crippen LogP contribution < -0.4 is 0 Å². The van der Waals surface area contributed by atoms with Crippen LogP contribution in [0.15, 0.2) is 18.2 Å². The number of benzene rings is 2. The van der Waals surface area contributed by atoms with Gasteiger partial charge in [-0.25, -0.2) is 8.78 Å². The molecule has 0 aliphatic heterocycles. The van der Waals surface area contributed by atoms with E-state index in [9.17, 15) is 18.3 Å². The van der Waals surface area contributed by atoms with Gasteiger partial charge in [-0.05, 0) is 41.5 Å². The second kappa shape index (κ2) is 4.77. The lowest BCUT2D eigenvalue weighted by Crippen LogP contribution is -2.12. The molecule has 2 aromatic rings. The molecule has 1 fully saturated rings. The van der Waals surface area contributed by atoms with Gasteiger partial charge in [0, 0.05) is 11.1 Å². The molecule has 1 saturated carbocycles. The van der Waals surface area contributed by atoms with Crippen molar-refractivity contribution in [2.24, 2.45) is 0 Å². The van der Waals surface area contributed by atoms with Crippen LogP contribution in [0.5, 0.6) is 5.75 Å². The van der Waals surface area contributed by atoms with Crippen molar-refractivity contribution >= 4 is 0 Å². The molecule has 2 aliphatic rings. The fraction of sp³-hybridized carbons (Fsp3) is 0.333. The normalized spacial score (nSPS) is 16.9. The highest BCUT2D eigenvalue weighted by Gasteiger charge is 2.35. The monoisotopic (exact) mass is 304 g/mol. The number of phenols is 1. The van der Waals surface area contributed by atoms with Crippen LogP contribution in [-0.4, -0.2) is 5.11 Å². The highest BCUT2D eigenvalue weighted by molar-refractivity contribution is 6.03. The number of rotatable bonds is 1. The van der Waals surface area contributed by atoms with Crippen molar-refractivity contribution in [2.45, 2.75) is 38.0 Å². The van der Waals surface area contributed by atoms with Gasteiger partial charge in [0.25, 0.3) is 0 Å². The van der Waals surface area contributed by atoms with E-state index in [2.05, 4.69) is 0 Å². The first-order valence-corrected chi connectivity index (χ1v) is 7.63. The summed E-state index contributed by atoms with van der Waals surface area (Å²) in [6.45, 7) is 0. The van der Waals surface area contributed by atoms with Crippen molar-refractivity contribution < 1.29 is 18.3 Å². The highest BCUT2D eigenvalue weighted by atomic mass is 19.2. The SMILES string of the molecule is Oc1cc2c(c(F)c1F)-c1c-2ccc(C2CCCCC2)c1F. The maximum Gasteiger partial charge on any atom is 0.201 e. The summed E-state index contributed by atoms with van der Waals surface area (Å²) in [5, 5.41) is 9.38. The van der Waals surface area contributed by atoms with Gasteiger partial charge < -0.3 is 5.11 Å². The molecular weight excluding hydrogens is 289 g/mol. The van der Waals surface area contributed by atoms with E-state index in [4.69, 9.17) is 0 Å². The fourth-order valence-electron chi connectivity index (χ4n) is 3.80. The van der Waals surface area contributed by atoms with Crippen LogP contribution in [0.4, 0.5) is 13.2 Å². The van der Waals surface area contributed by atoms with E-state index in [1.54, 1.807) is 12.1 Å². The molecule has 0 saturated heterocycles. The molecule has 0 amide bonds. The Morgan fingerprint density at radius 1 is 0.818 bits per heavy atom. The lowest BCUT2D eigenvalue weighted by atomic mass is 9.75. The Balaban J connectivity index is 1.84. The quantitative estimate of drug-likeness (QED) is 0.629. The Morgan fingerprint density at radius 2 is 1.50 bits per heavy atom. The van der Waals surface area contributed by atoms with E-state index in [1.807, 2.05) is 0 Å². The van der Waals surface area contributed by atoms with E-state index >= 15 is 0 Å². The number of hydrogen-bond donors (Lipinski definition) is 1. The summed E-state index contributed by atoms with van der Waals surface area (Å²) >= 11 is 0. The zero-order valence-electron chi connectivity index (χ0n) is 11.9. The molecule has 4 heteroatoms. The first kappa shape index (κ1) is 13.7. The summed E-state index contributed by atoms with van der Waals surface area (Å²) in [6.07, 6.45) is 5.21. The van der Waals surface area contributed by atoms with Crippen molar-refractivity contribution in [3.8, 4) is 28.0 Å². The maximum absolute atomic E-state index is 14.8. The second-order valence-corrected chi connectivity index (χ2v) is 6.17. The molecule has 0 unspecified atom stereocenters. The molecule has 0 bridgehead atoms. The van der Waals surface area contributed by atoms with Crippen LogP contribution in [0, 0.1) is 17.5 Å². The van der Waals surface area contributed by atoms with Gasteiger partial charge in [0.2, 0.25) is 5.82 Å². The Kier molecular flexibility index (Phi) is 2.96. The largest absolute Gasteiger partial charge is 0.505 e. The van der Waals surface area contributed by atoms with Gasteiger partial charge in [0.05, 0.1) is 0 Å². The van der Waals surface area contributed by atoms with Crippen molar-refractivity contribution in [3.63, 3.8) is 0 Å². The molecule has 1 nitrogen and oxygen atoms in total. The van der Waals surface area contributed by atoms with Crippen LogP contribution in [0.1, 0.15) is 43.6 Å². The Bertz CT molecular complexity index is 777. The van der Waals surface area contributed by atoms with Gasteiger partial charge in [-0.1, -0.05) is 31.4 Å². The summed E-state index contributed by atoms with van der Waals surface area (Å²) in [4.78, 5) is 0. The van der Waals surface area contributed by atoms with Gasteiger partial charge in [0.1, 0.15) is 5.82 Å². The third kappa shape index (κ3) is 1.73. The van der Waals surface area contributed by atoms with Crippen LogP contribution in [-0.2, 0) is 0 Å². The highest BCUT2D eigenvalue weighted by Crippen LogP contribution is 2.53. The smallest absolute Gasteiger partial charge is 0.201 e. The number of fused-ring (bicyclic) bond motifs is 4. The predicted octanol–water partition coefficient (Wildman–Crippen LogP) is 5.50. The fourth-order valence-corrected chi connectivity index (χ4v) is 3.80. The number of halogens is 3. The summed E-state index contributed by atoms with van der Waals surface area (Å²) in [7, 11) is 0. The lowest BCUT2D eigenvalue weighted by molar-refractivity contribution is 0.407. The molecule has 0 spiro atoms. The molecule has 1 N–H and O–H groups in total. The third-order valence-corrected chi connectivity index (χ3v) is 4.94. The number of aromatic hydroxyl groups is 1. The Hall–Kier alpha value is -1.97. The molecule has 4 rings (SSSR count). The molecule has 0 atom stereocenters. The van der Waals surface area contributed by atoms with Gasteiger partial charge in [-0.2, -0.15) is 4.39 Å². The van der Waals surface area contributed by atoms with Crippen molar-refractivity contribution in [3.05, 3.63) is 41.2 Å². The van der Waals surface area contributed by atoms with Crippen molar-refractivity contribution in [1.29, 1.82) is 0 Å². The summed E-state index contributed by atoms with van der Waals surface area (Å²) in [6, 6.07) is 4.67. The molecule has 0 aromatic heterocycles. The van der Waals surface area contributed by atoms with Crippen LogP contribution >= 0.6 is 0 Å². The van der Waals surface area contributed by atoms with E-state index in [1.165, 1.54) is 6.42 Å². The first-order valence-electron chi connectivity index (χ1n) is 7.63. The van der Waals surface area contributed by atoms with Crippen molar-refractivity contribution in [1.82, 2.24) is 0 Å². The maximum atomic E-state index is 14.8. The number of hydrogen-bond acceptors (Lipinski definition) is 1. The second-order valence-electron chi connectivity index (χ2n) is 6.17. The lowest BCUT2D eigenvalue weighted by Gasteiger charge is -2.29. The minimum absolute atomic E-state index is 0.0412. The summed E-state index contributed by atoms with van der Waals surface area (Å²) < 4.78 is 42.4. The third-order valence-electron chi connectivity index (χ3n) is 4.94. The zero-order valence-corrected chi connectivity index (χ0v) is 11.9. The van der Waals surface area contributed by atoms with E-state index < -0.39 is 23.2 Å². The predicted molar refractivity (Wildman–Crippen MR) is 78.2 cm³/mol. The average Bonchev–Trinajstić information content (AvgIpc) is 2.52. The summed E-state index contributed by atoms with van der Waals surface area (Å²) in [5.41, 5.74) is 1.65. The van der Waals surface area contributed by atoms with Crippen molar-refractivity contribution in [2.75, 3.05) is 0 Å². The summed E-state index contributed by atoms with van der Waals surface area (Å²) in [5.74, 6) is -3.48. The van der Waals surface area contributed by atoms with Gasteiger partial charge in [-0.15, -0.1) is 0 Å². The van der Waals surface area contributed by atoms with Gasteiger partial charge in [-0.3, -0.25) is 0 Å². The number of phenolic OH excluding ortho intramolecular Hbond substituents is 1. The van der Waals surface area contributed by atoms with Gasteiger partial charge in [0.15, 0.2) is 11.6 Å². The van der Waals surface area contributed by atoms with E-state index in [0.717, 1.165) is 31.7 Å². The Labute approximate surface area is 126 Å². The molecule has 114 valence electrons. The molecule has 0 heterocycles. The topological polar surface area (TPSA) is 20.2 Å². The zero-order chi connectivity index (χ0) is 15.4. The average molecular weight is 304 g/mol. The Morgan fingerprint density at radius 3 is 2.23 bits per heavy atom. The van der Waals surface area contributed by atoms with Gasteiger partial charge >= 0.3 is 0 Å². The van der Waals surface area contributed by atoms with Crippen LogP contribution in [0.3, 0.4) is 0 Å². The first-order chi connectivity index (χ1) is 10.6. The van der Waals surface area contributed by atoms with E-state index in [0.29, 0.717) is 16.7 Å². The minimum Gasteiger partial charge on any atom is -0.505 e. The van der Waals surface area contributed by atoms with Crippen LogP contribution in [0.25, 0.3) is 22.3 Å². The molecule has 22 heavy (non-hydrogen) atoms. The molecule has 0 radical (unpaired) electrons. The standard InChI is InChI=1S/C18H15F3O/c19-16-10(9-4-2-1-3-5-9)6-7-11-12-8-13(22)17(20)18(21)15(12)14(11)16/h6-9,22H,1-5H2. The van der Waals surface area contributed by atoms with E-state index in [-0.39, 0.29) is 17.0 Å². The van der Waals surface area contributed by atoms with Crippen LogP contribution in [0.2, 0.25) is 0 Å². The minimum atomic E-state index is -1.31.